The molecule has 3 rings (SSSR count). The van der Waals surface area contributed by atoms with Crippen LogP contribution in [-0.2, 0) is 0 Å². The van der Waals surface area contributed by atoms with Gasteiger partial charge in [-0.25, -0.2) is 5.43 Å². The van der Waals surface area contributed by atoms with Crippen molar-refractivity contribution in [1.29, 1.82) is 0 Å². The molecule has 126 valence electrons. The summed E-state index contributed by atoms with van der Waals surface area (Å²) in [6, 6.07) is 9.16. The number of benzene rings is 2. The fourth-order valence-corrected chi connectivity index (χ4v) is 2.54. The largest absolute Gasteiger partial charge is 0.463 e. The molecular formula is C17H9Cl3N2O3. The number of hydrazone groups is 1. The summed E-state index contributed by atoms with van der Waals surface area (Å²) < 4.78 is 5.35. The van der Waals surface area contributed by atoms with Crippen molar-refractivity contribution in [3.05, 3.63) is 79.1 Å². The molecule has 1 amide bonds. The van der Waals surface area contributed by atoms with Crippen molar-refractivity contribution in [2.45, 2.75) is 0 Å². The third kappa shape index (κ3) is 3.85. The normalized spacial score (nSPS) is 11.2. The summed E-state index contributed by atoms with van der Waals surface area (Å²) in [4.78, 5) is 24.3. The molecule has 1 N–H and O–H groups in total. The Kier molecular flexibility index (Phi) is 5.08. The fourth-order valence-electron chi connectivity index (χ4n) is 2.07. The van der Waals surface area contributed by atoms with Gasteiger partial charge in [-0.3, -0.25) is 9.59 Å². The van der Waals surface area contributed by atoms with E-state index in [1.807, 2.05) is 0 Å². The molecule has 1 heterocycles. The van der Waals surface area contributed by atoms with Crippen molar-refractivity contribution < 1.29 is 9.21 Å². The molecule has 8 heteroatoms. The first-order chi connectivity index (χ1) is 12.0. The first kappa shape index (κ1) is 17.5. The first-order valence-corrected chi connectivity index (χ1v) is 8.08. The van der Waals surface area contributed by atoms with Crippen molar-refractivity contribution in [3.63, 3.8) is 0 Å². The molecule has 0 fully saturated rings. The maximum Gasteiger partial charge on any atom is 0.271 e. The zero-order valence-electron chi connectivity index (χ0n) is 12.4. The molecule has 0 saturated carbocycles. The number of halogens is 3. The van der Waals surface area contributed by atoms with Crippen molar-refractivity contribution in [3.8, 4) is 0 Å². The van der Waals surface area contributed by atoms with Crippen LogP contribution in [0.5, 0.6) is 0 Å². The Hall–Kier alpha value is -2.34. The molecule has 0 aliphatic heterocycles. The van der Waals surface area contributed by atoms with E-state index in [4.69, 9.17) is 39.2 Å². The van der Waals surface area contributed by atoms with Crippen molar-refractivity contribution in [2.24, 2.45) is 5.10 Å². The number of fused-ring (bicyclic) bond motifs is 1. The molecule has 5 nitrogen and oxygen atoms in total. The number of nitrogens with one attached hydrogen (secondary N) is 1. The van der Waals surface area contributed by atoms with Crippen LogP contribution in [0.4, 0.5) is 0 Å². The van der Waals surface area contributed by atoms with E-state index in [0.29, 0.717) is 21.0 Å². The van der Waals surface area contributed by atoms with E-state index >= 15 is 0 Å². The fraction of sp³-hybridized carbons (Fsp3) is 0. The summed E-state index contributed by atoms with van der Waals surface area (Å²) in [7, 11) is 0. The lowest BCUT2D eigenvalue weighted by molar-refractivity contribution is 0.0955. The second-order valence-electron chi connectivity index (χ2n) is 4.99. The lowest BCUT2D eigenvalue weighted by Gasteiger charge is -2.02. The first-order valence-electron chi connectivity index (χ1n) is 6.95. The molecule has 0 unspecified atom stereocenters. The van der Waals surface area contributed by atoms with Gasteiger partial charge in [0.1, 0.15) is 11.8 Å². The SMILES string of the molecule is O=C(NN=Cc1coc2ccc(Cl)cc2c1=O)c1ccc(Cl)c(Cl)c1. The van der Waals surface area contributed by atoms with E-state index in [1.54, 1.807) is 12.1 Å². The Morgan fingerprint density at radius 1 is 1.08 bits per heavy atom. The lowest BCUT2D eigenvalue weighted by atomic mass is 10.2. The topological polar surface area (TPSA) is 71.7 Å². The van der Waals surface area contributed by atoms with E-state index in [2.05, 4.69) is 10.5 Å². The van der Waals surface area contributed by atoms with Crippen molar-refractivity contribution in [2.75, 3.05) is 0 Å². The molecule has 0 saturated heterocycles. The number of rotatable bonds is 3. The number of hydrogen-bond donors (Lipinski definition) is 1. The number of hydrogen-bond acceptors (Lipinski definition) is 4. The van der Waals surface area contributed by atoms with Crippen LogP contribution in [0.25, 0.3) is 11.0 Å². The second kappa shape index (κ2) is 7.27. The number of amides is 1. The minimum absolute atomic E-state index is 0.171. The van der Waals surface area contributed by atoms with Gasteiger partial charge in [0.05, 0.1) is 27.2 Å². The van der Waals surface area contributed by atoms with E-state index in [1.165, 1.54) is 36.7 Å². The highest BCUT2D eigenvalue weighted by molar-refractivity contribution is 6.42. The highest BCUT2D eigenvalue weighted by Crippen LogP contribution is 2.22. The number of nitrogens with zero attached hydrogens (tertiary/aromatic N) is 1. The van der Waals surface area contributed by atoms with Gasteiger partial charge in [0.25, 0.3) is 5.91 Å². The van der Waals surface area contributed by atoms with Crippen molar-refractivity contribution >= 4 is 57.9 Å². The van der Waals surface area contributed by atoms with Crippen LogP contribution in [0.3, 0.4) is 0 Å². The third-order valence-electron chi connectivity index (χ3n) is 3.31. The molecule has 0 aliphatic carbocycles. The van der Waals surface area contributed by atoms with Gasteiger partial charge in [-0.15, -0.1) is 0 Å². The van der Waals surface area contributed by atoms with Gasteiger partial charge < -0.3 is 4.42 Å². The van der Waals surface area contributed by atoms with Gasteiger partial charge in [0, 0.05) is 10.6 Å². The Labute approximate surface area is 156 Å². The molecule has 0 spiro atoms. The summed E-state index contributed by atoms with van der Waals surface area (Å²) >= 11 is 17.5. The zero-order valence-corrected chi connectivity index (χ0v) is 14.7. The highest BCUT2D eigenvalue weighted by atomic mass is 35.5. The Bertz CT molecular complexity index is 1060. The molecule has 0 atom stereocenters. The maximum atomic E-state index is 12.4. The van der Waals surface area contributed by atoms with Gasteiger partial charge in [-0.05, 0) is 36.4 Å². The third-order valence-corrected chi connectivity index (χ3v) is 4.29. The lowest BCUT2D eigenvalue weighted by Crippen LogP contribution is -2.18. The minimum Gasteiger partial charge on any atom is -0.463 e. The molecule has 3 aromatic rings. The average Bonchev–Trinajstić information content (AvgIpc) is 2.59. The summed E-state index contributed by atoms with van der Waals surface area (Å²) in [5.41, 5.74) is 2.85. The van der Waals surface area contributed by atoms with E-state index in [-0.39, 0.29) is 21.6 Å². The Morgan fingerprint density at radius 2 is 1.88 bits per heavy atom. The quantitative estimate of drug-likeness (QED) is 0.523. The van der Waals surface area contributed by atoms with E-state index in [9.17, 15) is 9.59 Å². The van der Waals surface area contributed by atoms with Gasteiger partial charge in [-0.1, -0.05) is 34.8 Å². The zero-order chi connectivity index (χ0) is 18.0. The number of carbonyl (C=O) groups is 1. The monoisotopic (exact) mass is 394 g/mol. The summed E-state index contributed by atoms with van der Waals surface area (Å²) in [6.07, 6.45) is 2.45. The van der Waals surface area contributed by atoms with E-state index in [0.717, 1.165) is 0 Å². The molecular weight excluding hydrogens is 387 g/mol. The van der Waals surface area contributed by atoms with Crippen molar-refractivity contribution in [1.82, 2.24) is 5.43 Å². The maximum absolute atomic E-state index is 12.4. The molecule has 0 radical (unpaired) electrons. The predicted octanol–water partition coefficient (Wildman–Crippen LogP) is 4.52. The molecule has 0 bridgehead atoms. The summed E-state index contributed by atoms with van der Waals surface area (Å²) in [6.45, 7) is 0. The molecule has 25 heavy (non-hydrogen) atoms. The van der Waals surface area contributed by atoms with Crippen LogP contribution in [0.1, 0.15) is 15.9 Å². The molecule has 1 aromatic heterocycles. The van der Waals surface area contributed by atoms with Crippen LogP contribution < -0.4 is 10.9 Å². The standard InChI is InChI=1S/C17H9Cl3N2O3/c18-11-2-4-15-12(6-11)16(23)10(8-25-15)7-21-22-17(24)9-1-3-13(19)14(20)5-9/h1-8H,(H,22,24). The van der Waals surface area contributed by atoms with Crippen LogP contribution in [0.15, 0.2) is 57.0 Å². The van der Waals surface area contributed by atoms with Crippen LogP contribution in [0.2, 0.25) is 15.1 Å². The van der Waals surface area contributed by atoms with E-state index < -0.39 is 5.91 Å². The van der Waals surface area contributed by atoms with Gasteiger partial charge in [0.2, 0.25) is 5.43 Å². The summed E-state index contributed by atoms with van der Waals surface area (Å²) in [5, 5.41) is 5.11. The molecule has 2 aromatic carbocycles. The Morgan fingerprint density at radius 3 is 2.64 bits per heavy atom. The van der Waals surface area contributed by atoms with Crippen LogP contribution in [0, 0.1) is 0 Å². The van der Waals surface area contributed by atoms with Crippen LogP contribution >= 0.6 is 34.8 Å². The van der Waals surface area contributed by atoms with Gasteiger partial charge in [-0.2, -0.15) is 5.10 Å². The van der Waals surface area contributed by atoms with Gasteiger partial charge >= 0.3 is 0 Å². The average molecular weight is 396 g/mol. The summed E-state index contributed by atoms with van der Waals surface area (Å²) in [5.74, 6) is -0.497. The predicted molar refractivity (Wildman–Crippen MR) is 99.0 cm³/mol. The number of carbonyl (C=O) groups excluding carboxylic acids is 1. The highest BCUT2D eigenvalue weighted by Gasteiger charge is 2.08. The van der Waals surface area contributed by atoms with Crippen LogP contribution in [-0.4, -0.2) is 12.1 Å². The van der Waals surface area contributed by atoms with Gasteiger partial charge in [0.15, 0.2) is 0 Å². The minimum atomic E-state index is -0.497. The molecule has 0 aliphatic rings. The smallest absolute Gasteiger partial charge is 0.271 e. The second-order valence-corrected chi connectivity index (χ2v) is 6.24. The Balaban J connectivity index is 1.81.